The highest BCUT2D eigenvalue weighted by atomic mass is 79.9. The third-order valence-corrected chi connectivity index (χ3v) is 5.22. The first-order valence-corrected chi connectivity index (χ1v) is 9.24. The van der Waals surface area contributed by atoms with Gasteiger partial charge in [-0.05, 0) is 43.2 Å². The fourth-order valence-corrected chi connectivity index (χ4v) is 3.92. The molecule has 0 aliphatic rings. The molecule has 1 N–H and O–H groups in total. The lowest BCUT2D eigenvalue weighted by Gasteiger charge is -1.98. The van der Waals surface area contributed by atoms with E-state index in [2.05, 4.69) is 25.9 Å². The van der Waals surface area contributed by atoms with Crippen LogP contribution < -0.4 is 5.56 Å². The van der Waals surface area contributed by atoms with Crippen molar-refractivity contribution in [2.45, 2.75) is 13.8 Å². The van der Waals surface area contributed by atoms with E-state index < -0.39 is 5.97 Å². The van der Waals surface area contributed by atoms with Crippen LogP contribution in [0.4, 0.5) is 0 Å². The SMILES string of the molecule is CCOC(=O)c1sc2nc(C=Cc3cccc(Br)c3)[nH]c(=O)c2c1C. The van der Waals surface area contributed by atoms with E-state index >= 15 is 0 Å². The second-order valence-corrected chi connectivity index (χ2v) is 7.21. The molecule has 3 rings (SSSR count). The first kappa shape index (κ1) is 17.6. The fourth-order valence-electron chi connectivity index (χ4n) is 2.42. The first-order valence-electron chi connectivity index (χ1n) is 7.63. The van der Waals surface area contributed by atoms with Gasteiger partial charge in [-0.2, -0.15) is 0 Å². The van der Waals surface area contributed by atoms with Crippen LogP contribution in [0.25, 0.3) is 22.4 Å². The van der Waals surface area contributed by atoms with Crippen molar-refractivity contribution < 1.29 is 9.53 Å². The highest BCUT2D eigenvalue weighted by Gasteiger charge is 2.19. The van der Waals surface area contributed by atoms with Crippen LogP contribution in [0, 0.1) is 6.92 Å². The zero-order chi connectivity index (χ0) is 18.0. The summed E-state index contributed by atoms with van der Waals surface area (Å²) < 4.78 is 6.01. The average Bonchev–Trinajstić information content (AvgIpc) is 2.91. The van der Waals surface area contributed by atoms with Gasteiger partial charge in [0.05, 0.1) is 12.0 Å². The van der Waals surface area contributed by atoms with Crippen molar-refractivity contribution in [2.24, 2.45) is 0 Å². The normalized spacial score (nSPS) is 11.3. The summed E-state index contributed by atoms with van der Waals surface area (Å²) in [4.78, 5) is 32.6. The number of aryl methyl sites for hydroxylation is 1. The number of halogens is 1. The maximum atomic E-state index is 12.4. The monoisotopic (exact) mass is 418 g/mol. The van der Waals surface area contributed by atoms with Gasteiger partial charge in [-0.3, -0.25) is 4.79 Å². The van der Waals surface area contributed by atoms with E-state index in [9.17, 15) is 9.59 Å². The summed E-state index contributed by atoms with van der Waals surface area (Å²) in [5.41, 5.74) is 1.32. The first-order chi connectivity index (χ1) is 12.0. The zero-order valence-electron chi connectivity index (χ0n) is 13.6. The Morgan fingerprint density at radius 3 is 2.92 bits per heavy atom. The van der Waals surface area contributed by atoms with Gasteiger partial charge < -0.3 is 9.72 Å². The Kier molecular flexibility index (Phi) is 5.15. The number of rotatable bonds is 4. The molecule has 0 bridgehead atoms. The molecule has 7 heteroatoms. The molecule has 0 unspecified atom stereocenters. The third-order valence-electron chi connectivity index (χ3n) is 3.56. The van der Waals surface area contributed by atoms with Crippen LogP contribution in [0.15, 0.2) is 33.5 Å². The number of benzene rings is 1. The predicted molar refractivity (Wildman–Crippen MR) is 104 cm³/mol. The smallest absolute Gasteiger partial charge is 0.348 e. The van der Waals surface area contributed by atoms with Gasteiger partial charge in [-0.1, -0.05) is 34.1 Å². The molecule has 2 heterocycles. The van der Waals surface area contributed by atoms with Crippen LogP contribution in [0.3, 0.4) is 0 Å². The van der Waals surface area contributed by atoms with Crippen molar-refractivity contribution in [3.8, 4) is 0 Å². The van der Waals surface area contributed by atoms with E-state index in [1.165, 1.54) is 11.3 Å². The van der Waals surface area contributed by atoms with Crippen LogP contribution in [0.1, 0.15) is 33.5 Å². The lowest BCUT2D eigenvalue weighted by Crippen LogP contribution is -2.10. The number of carbonyl (C=O) groups is 1. The maximum absolute atomic E-state index is 12.4. The summed E-state index contributed by atoms with van der Waals surface area (Å²) in [5, 5.41) is 0.438. The molecule has 5 nitrogen and oxygen atoms in total. The van der Waals surface area contributed by atoms with Crippen molar-refractivity contribution in [2.75, 3.05) is 6.61 Å². The summed E-state index contributed by atoms with van der Waals surface area (Å²) in [6, 6.07) is 7.78. The van der Waals surface area contributed by atoms with Crippen LogP contribution in [-0.4, -0.2) is 22.5 Å². The van der Waals surface area contributed by atoms with Gasteiger partial charge in [0.1, 0.15) is 15.5 Å². The van der Waals surface area contributed by atoms with Crippen molar-refractivity contribution in [3.63, 3.8) is 0 Å². The predicted octanol–water partition coefficient (Wildman–Crippen LogP) is 4.40. The lowest BCUT2D eigenvalue weighted by atomic mass is 10.2. The lowest BCUT2D eigenvalue weighted by molar-refractivity contribution is 0.0531. The van der Waals surface area contributed by atoms with Crippen LogP contribution in [-0.2, 0) is 4.74 Å². The van der Waals surface area contributed by atoms with Gasteiger partial charge in [0, 0.05) is 4.47 Å². The van der Waals surface area contributed by atoms with Gasteiger partial charge in [0.15, 0.2) is 0 Å². The van der Waals surface area contributed by atoms with Gasteiger partial charge >= 0.3 is 5.97 Å². The molecule has 0 saturated carbocycles. The van der Waals surface area contributed by atoms with E-state index in [0.717, 1.165) is 10.0 Å². The number of aromatic nitrogens is 2. The number of fused-ring (bicyclic) bond motifs is 1. The number of H-pyrrole nitrogens is 1. The van der Waals surface area contributed by atoms with E-state index in [-0.39, 0.29) is 12.2 Å². The van der Waals surface area contributed by atoms with Crippen molar-refractivity contribution in [3.05, 3.63) is 60.9 Å². The largest absolute Gasteiger partial charge is 0.462 e. The summed E-state index contributed by atoms with van der Waals surface area (Å²) in [7, 11) is 0. The number of nitrogens with one attached hydrogen (secondary N) is 1. The number of esters is 1. The molecule has 1 aromatic carbocycles. The minimum absolute atomic E-state index is 0.261. The Bertz CT molecular complexity index is 1040. The van der Waals surface area contributed by atoms with Crippen molar-refractivity contribution >= 4 is 55.6 Å². The Balaban J connectivity index is 2.01. The van der Waals surface area contributed by atoms with E-state index in [0.29, 0.717) is 26.5 Å². The third kappa shape index (κ3) is 3.72. The number of carbonyl (C=O) groups excluding carboxylic acids is 1. The second-order valence-electron chi connectivity index (χ2n) is 5.30. The molecule has 3 aromatic rings. The number of hydrogen-bond acceptors (Lipinski definition) is 5. The Morgan fingerprint density at radius 2 is 2.20 bits per heavy atom. The molecular weight excluding hydrogens is 404 g/mol. The molecule has 0 amide bonds. The topological polar surface area (TPSA) is 72.0 Å². The van der Waals surface area contributed by atoms with Gasteiger partial charge in [0.2, 0.25) is 0 Å². The molecular formula is C18H15BrN2O3S. The summed E-state index contributed by atoms with van der Waals surface area (Å²) in [6.45, 7) is 3.77. The second kappa shape index (κ2) is 7.33. The van der Waals surface area contributed by atoms with Gasteiger partial charge in [-0.15, -0.1) is 11.3 Å². The molecule has 0 fully saturated rings. The van der Waals surface area contributed by atoms with Crippen molar-refractivity contribution in [1.82, 2.24) is 9.97 Å². The van der Waals surface area contributed by atoms with Crippen LogP contribution >= 0.6 is 27.3 Å². The summed E-state index contributed by atoms with van der Waals surface area (Å²) >= 11 is 4.60. The minimum atomic E-state index is -0.423. The molecule has 128 valence electrons. The maximum Gasteiger partial charge on any atom is 0.348 e. The summed E-state index contributed by atoms with van der Waals surface area (Å²) in [5.74, 6) is 0.0164. The molecule has 2 aromatic heterocycles. The molecule has 0 atom stereocenters. The quantitative estimate of drug-likeness (QED) is 0.637. The molecule has 0 aliphatic heterocycles. The number of thiophene rings is 1. The van der Waals surface area contributed by atoms with Crippen LogP contribution in [0.5, 0.6) is 0 Å². The van der Waals surface area contributed by atoms with Gasteiger partial charge in [0.25, 0.3) is 5.56 Å². The summed E-state index contributed by atoms with van der Waals surface area (Å²) in [6.07, 6.45) is 3.60. The molecule has 0 spiro atoms. The van der Waals surface area contributed by atoms with E-state index in [1.54, 1.807) is 19.9 Å². The van der Waals surface area contributed by atoms with E-state index in [4.69, 9.17) is 4.74 Å². The van der Waals surface area contributed by atoms with E-state index in [1.807, 2.05) is 30.3 Å². The Labute approximate surface area is 156 Å². The molecule has 25 heavy (non-hydrogen) atoms. The highest BCUT2D eigenvalue weighted by molar-refractivity contribution is 9.10. The van der Waals surface area contributed by atoms with Gasteiger partial charge in [-0.25, -0.2) is 9.78 Å². The number of nitrogens with zero attached hydrogens (tertiary/aromatic N) is 1. The fraction of sp³-hybridized carbons (Fsp3) is 0.167. The minimum Gasteiger partial charge on any atom is -0.462 e. The number of aromatic amines is 1. The zero-order valence-corrected chi connectivity index (χ0v) is 16.0. The standard InChI is InChI=1S/C18H15BrN2O3S/c1-3-24-18(23)15-10(2)14-16(22)20-13(21-17(14)25-15)8-7-11-5-4-6-12(19)9-11/h4-9H,3H2,1-2H3,(H,20,21,22). The molecule has 0 aliphatic carbocycles. The van der Waals surface area contributed by atoms with Crippen LogP contribution in [0.2, 0.25) is 0 Å². The molecule has 0 saturated heterocycles. The Morgan fingerprint density at radius 1 is 1.40 bits per heavy atom. The Hall–Kier alpha value is -2.25. The highest BCUT2D eigenvalue weighted by Crippen LogP contribution is 2.27. The number of hydrogen-bond donors (Lipinski definition) is 1. The average molecular weight is 419 g/mol. The molecule has 0 radical (unpaired) electrons. The number of ether oxygens (including phenoxy) is 1. The van der Waals surface area contributed by atoms with Crippen molar-refractivity contribution in [1.29, 1.82) is 0 Å².